The normalized spacial score (nSPS) is 20.1. The number of nitrogens with one attached hydrogen (secondary N) is 3. The van der Waals surface area contributed by atoms with Gasteiger partial charge in [0, 0.05) is 24.5 Å². The van der Waals surface area contributed by atoms with Crippen LogP contribution in [-0.4, -0.2) is 41.1 Å². The second-order valence-corrected chi connectivity index (χ2v) is 8.58. The fourth-order valence-corrected chi connectivity index (χ4v) is 5.16. The van der Waals surface area contributed by atoms with Gasteiger partial charge >= 0.3 is 6.03 Å². The van der Waals surface area contributed by atoms with Crippen LogP contribution in [0, 0.1) is 0 Å². The monoisotopic (exact) mass is 464 g/mol. The molecule has 10 heteroatoms. The number of amides is 4. The number of carbonyl (C=O) groups excluding carboxylic acids is 3. The number of aromatic nitrogens is 1. The topological polar surface area (TPSA) is 116 Å². The van der Waals surface area contributed by atoms with Crippen molar-refractivity contribution in [3.63, 3.8) is 0 Å². The molecule has 4 amide bonds. The molecule has 0 bridgehead atoms. The molecule has 2 unspecified atom stereocenters. The van der Waals surface area contributed by atoms with Gasteiger partial charge in [-0.15, -0.1) is 11.3 Å². The molecule has 0 radical (unpaired) electrons. The van der Waals surface area contributed by atoms with Gasteiger partial charge in [-0.05, 0) is 44.4 Å². The van der Waals surface area contributed by atoms with Gasteiger partial charge in [-0.2, -0.15) is 0 Å². The fraction of sp³-hybridized carbons (Fsp3) is 0.261. The molecule has 1 saturated carbocycles. The lowest BCUT2D eigenvalue weighted by atomic mass is 10.1. The van der Waals surface area contributed by atoms with Crippen LogP contribution < -0.4 is 20.9 Å². The molecule has 1 aliphatic heterocycles. The van der Waals surface area contributed by atoms with E-state index in [1.807, 2.05) is 0 Å². The molecule has 0 saturated heterocycles. The molecule has 2 aliphatic rings. The first kappa shape index (κ1) is 22.4. The Kier molecular flexibility index (Phi) is 6.36. The quantitative estimate of drug-likeness (QED) is 0.329. The number of hydrogen-bond donors (Lipinski definition) is 3. The highest BCUT2D eigenvalue weighted by Gasteiger charge is 2.35. The lowest BCUT2D eigenvalue weighted by molar-refractivity contribution is -0.117. The average molecular weight is 465 g/mol. The predicted molar refractivity (Wildman–Crippen MR) is 131 cm³/mol. The average Bonchev–Trinajstić information content (AvgIpc) is 3.40. The zero-order chi connectivity index (χ0) is 23.5. The van der Waals surface area contributed by atoms with E-state index in [4.69, 9.17) is 0 Å². The van der Waals surface area contributed by atoms with Crippen molar-refractivity contribution in [2.75, 3.05) is 10.2 Å². The summed E-state index contributed by atoms with van der Waals surface area (Å²) in [5.74, 6) is -0.578. The van der Waals surface area contributed by atoms with Gasteiger partial charge in [-0.1, -0.05) is 13.2 Å². The van der Waals surface area contributed by atoms with E-state index >= 15 is 0 Å². The molecule has 2 atom stereocenters. The molecule has 3 heterocycles. The molecule has 0 aromatic carbocycles. The molecular weight excluding hydrogens is 440 g/mol. The van der Waals surface area contributed by atoms with E-state index in [9.17, 15) is 14.4 Å². The SMILES string of the molecule is C=CC(=O)NC1CCCC1NC(=O)c1sc2nccc3c2c1NC(=O)N3/C(C=C)=C/N=CC. The maximum atomic E-state index is 13.2. The molecule has 3 N–H and O–H groups in total. The van der Waals surface area contributed by atoms with Gasteiger partial charge in [-0.25, -0.2) is 9.78 Å². The Morgan fingerprint density at radius 3 is 2.73 bits per heavy atom. The predicted octanol–water partition coefficient (Wildman–Crippen LogP) is 3.72. The summed E-state index contributed by atoms with van der Waals surface area (Å²) in [6.07, 6.45) is 9.94. The Balaban J connectivity index is 1.68. The molecule has 9 nitrogen and oxygen atoms in total. The van der Waals surface area contributed by atoms with E-state index in [2.05, 4.69) is 39.1 Å². The minimum Gasteiger partial charge on any atom is -0.348 e. The van der Waals surface area contributed by atoms with Gasteiger partial charge in [0.05, 0.1) is 28.7 Å². The number of hydrogen-bond acceptors (Lipinski definition) is 6. The Morgan fingerprint density at radius 2 is 2.03 bits per heavy atom. The smallest absolute Gasteiger partial charge is 0.331 e. The van der Waals surface area contributed by atoms with Crippen molar-refractivity contribution in [2.24, 2.45) is 4.99 Å². The van der Waals surface area contributed by atoms with Crippen molar-refractivity contribution in [3.05, 3.63) is 54.3 Å². The number of carbonyl (C=O) groups is 3. The molecular formula is C23H24N6O3S. The number of aliphatic imine (C=N–C) groups is 1. The highest BCUT2D eigenvalue weighted by molar-refractivity contribution is 7.21. The molecule has 1 aliphatic carbocycles. The molecule has 2 aromatic rings. The lowest BCUT2D eigenvalue weighted by Crippen LogP contribution is -2.48. The van der Waals surface area contributed by atoms with Crippen LogP contribution in [0.15, 0.2) is 54.5 Å². The third-order valence-electron chi connectivity index (χ3n) is 5.62. The Morgan fingerprint density at radius 1 is 1.27 bits per heavy atom. The highest BCUT2D eigenvalue weighted by Crippen LogP contribution is 2.44. The standard InChI is InChI=1S/C23H24N6O3S/c1-4-13(12-24-6-3)29-16-10-11-25-22-18(16)19(28-23(29)32)20(33-22)21(31)27-15-9-7-8-14(15)26-17(30)5-2/h4-6,10-12,14-15H,1-2,7-9H2,3H3,(H,26,30)(H,27,31)(H,28,32)/b13-12+,24-6?. The number of pyridine rings is 1. The van der Waals surface area contributed by atoms with Crippen LogP contribution in [0.25, 0.3) is 10.2 Å². The van der Waals surface area contributed by atoms with Crippen LogP contribution in [0.1, 0.15) is 35.9 Å². The minimum absolute atomic E-state index is 0.164. The van der Waals surface area contributed by atoms with Gasteiger partial charge in [-0.3, -0.25) is 19.5 Å². The molecule has 4 rings (SSSR count). The van der Waals surface area contributed by atoms with Gasteiger partial charge < -0.3 is 16.0 Å². The summed E-state index contributed by atoms with van der Waals surface area (Å²) in [5, 5.41) is 9.43. The first-order chi connectivity index (χ1) is 16.0. The number of allylic oxidation sites excluding steroid dienone is 1. The summed E-state index contributed by atoms with van der Waals surface area (Å²) in [6, 6.07) is 0.938. The number of nitrogens with zero attached hydrogens (tertiary/aromatic N) is 3. The summed E-state index contributed by atoms with van der Waals surface area (Å²) < 4.78 is 0. The Labute approximate surface area is 195 Å². The molecule has 2 aromatic heterocycles. The molecule has 170 valence electrons. The maximum absolute atomic E-state index is 13.2. The summed E-state index contributed by atoms with van der Waals surface area (Å²) in [5.41, 5.74) is 1.53. The summed E-state index contributed by atoms with van der Waals surface area (Å²) in [6.45, 7) is 9.05. The van der Waals surface area contributed by atoms with Crippen LogP contribution in [0.2, 0.25) is 0 Å². The van der Waals surface area contributed by atoms with E-state index < -0.39 is 6.03 Å². The maximum Gasteiger partial charge on any atom is 0.331 e. The van der Waals surface area contributed by atoms with Gasteiger partial charge in [0.2, 0.25) is 5.91 Å². The van der Waals surface area contributed by atoms with Crippen molar-refractivity contribution in [1.29, 1.82) is 0 Å². The van der Waals surface area contributed by atoms with Crippen molar-refractivity contribution in [3.8, 4) is 0 Å². The third-order valence-corrected chi connectivity index (χ3v) is 6.72. The highest BCUT2D eigenvalue weighted by atomic mass is 32.1. The lowest BCUT2D eigenvalue weighted by Gasteiger charge is -2.28. The van der Waals surface area contributed by atoms with Crippen LogP contribution in [0.4, 0.5) is 16.2 Å². The molecule has 0 spiro atoms. The first-order valence-electron chi connectivity index (χ1n) is 10.5. The van der Waals surface area contributed by atoms with Crippen LogP contribution in [0.5, 0.6) is 0 Å². The van der Waals surface area contributed by atoms with Gasteiger partial charge in [0.15, 0.2) is 0 Å². The van der Waals surface area contributed by atoms with Crippen LogP contribution in [-0.2, 0) is 4.79 Å². The van der Waals surface area contributed by atoms with Gasteiger partial charge in [0.25, 0.3) is 5.91 Å². The third kappa shape index (κ3) is 4.17. The van der Waals surface area contributed by atoms with Crippen molar-refractivity contribution < 1.29 is 14.4 Å². The fourth-order valence-electron chi connectivity index (χ4n) is 4.13. The summed E-state index contributed by atoms with van der Waals surface area (Å²) >= 11 is 1.21. The van der Waals surface area contributed by atoms with E-state index in [0.717, 1.165) is 19.3 Å². The molecule has 33 heavy (non-hydrogen) atoms. The first-order valence-corrected chi connectivity index (χ1v) is 11.4. The number of anilines is 2. The minimum atomic E-state index is -0.420. The van der Waals surface area contributed by atoms with E-state index in [1.54, 1.807) is 37.7 Å². The van der Waals surface area contributed by atoms with E-state index in [0.29, 0.717) is 32.2 Å². The van der Waals surface area contributed by atoms with Crippen molar-refractivity contribution >= 4 is 57.0 Å². The van der Waals surface area contributed by atoms with Gasteiger partial charge in [0.1, 0.15) is 9.71 Å². The van der Waals surface area contributed by atoms with Crippen molar-refractivity contribution in [2.45, 2.75) is 38.3 Å². The summed E-state index contributed by atoms with van der Waals surface area (Å²) in [7, 11) is 0. The van der Waals surface area contributed by atoms with E-state index in [1.165, 1.54) is 22.3 Å². The van der Waals surface area contributed by atoms with E-state index in [-0.39, 0.29) is 23.9 Å². The summed E-state index contributed by atoms with van der Waals surface area (Å²) in [4.78, 5) is 49.0. The Bertz CT molecular complexity index is 1210. The molecule has 1 fully saturated rings. The number of urea groups is 1. The largest absolute Gasteiger partial charge is 0.348 e. The Hall–Kier alpha value is -3.79. The van der Waals surface area contributed by atoms with Crippen molar-refractivity contribution in [1.82, 2.24) is 15.6 Å². The second-order valence-electron chi connectivity index (χ2n) is 7.58. The zero-order valence-corrected chi connectivity index (χ0v) is 18.9. The second kappa shape index (κ2) is 9.37. The zero-order valence-electron chi connectivity index (χ0n) is 18.1. The number of rotatable bonds is 7. The van der Waals surface area contributed by atoms with Crippen LogP contribution >= 0.6 is 11.3 Å². The van der Waals surface area contributed by atoms with Crippen LogP contribution in [0.3, 0.4) is 0 Å². The number of thiophene rings is 1.